The number of hydrogen-bond donors (Lipinski definition) is 1. The van der Waals surface area contributed by atoms with E-state index in [4.69, 9.17) is 5.11 Å². The van der Waals surface area contributed by atoms with E-state index in [1.807, 2.05) is 0 Å². The molecule has 1 aromatic rings. The van der Waals surface area contributed by atoms with Gasteiger partial charge in [-0.25, -0.2) is 0 Å². The van der Waals surface area contributed by atoms with Crippen molar-refractivity contribution in [2.75, 3.05) is 6.61 Å². The molecule has 0 saturated carbocycles. The summed E-state index contributed by atoms with van der Waals surface area (Å²) in [6.07, 6.45) is 2.71. The molecule has 0 aromatic carbocycles. The highest BCUT2D eigenvalue weighted by Gasteiger charge is 2.11. The third kappa shape index (κ3) is 2.79. The van der Waals surface area contributed by atoms with E-state index in [9.17, 15) is 10.1 Å². The molecule has 0 aliphatic rings. The van der Waals surface area contributed by atoms with Crippen LogP contribution in [0.4, 0.5) is 5.95 Å². The van der Waals surface area contributed by atoms with Crippen LogP contribution in [0.5, 0.6) is 0 Å². The zero-order chi connectivity index (χ0) is 9.68. The van der Waals surface area contributed by atoms with Crippen molar-refractivity contribution in [3.63, 3.8) is 0 Å². The molecule has 1 N–H and O–H groups in total. The molecule has 0 fully saturated rings. The lowest BCUT2D eigenvalue weighted by atomic mass is 10.3. The van der Waals surface area contributed by atoms with Gasteiger partial charge in [0.15, 0.2) is 0 Å². The van der Waals surface area contributed by atoms with Crippen LogP contribution in [-0.2, 0) is 6.54 Å². The van der Waals surface area contributed by atoms with Crippen molar-refractivity contribution in [1.29, 1.82) is 0 Å². The Morgan fingerprint density at radius 1 is 1.62 bits per heavy atom. The first-order valence-corrected chi connectivity index (χ1v) is 3.88. The smallest absolute Gasteiger partial charge is 0.396 e. The molecular formula is C6H10N4O3. The van der Waals surface area contributed by atoms with Gasteiger partial charge < -0.3 is 15.2 Å². The number of hydrogen-bond acceptors (Lipinski definition) is 5. The van der Waals surface area contributed by atoms with Crippen LogP contribution in [0.2, 0.25) is 0 Å². The normalized spacial score (nSPS) is 10.2. The van der Waals surface area contributed by atoms with Gasteiger partial charge in [-0.2, -0.15) is 4.68 Å². The number of unbranched alkanes of at least 4 members (excludes halogenated alkanes) is 1. The van der Waals surface area contributed by atoms with E-state index in [2.05, 4.69) is 10.1 Å². The van der Waals surface area contributed by atoms with Crippen molar-refractivity contribution < 1.29 is 10.0 Å². The topological polar surface area (TPSA) is 94.1 Å². The van der Waals surface area contributed by atoms with E-state index >= 15 is 0 Å². The Bertz CT molecular complexity index is 285. The molecule has 0 spiro atoms. The predicted octanol–water partition coefficient (Wildman–Crippen LogP) is -0.0412. The Morgan fingerprint density at radius 2 is 2.38 bits per heavy atom. The van der Waals surface area contributed by atoms with Gasteiger partial charge in [-0.05, 0) is 17.8 Å². The summed E-state index contributed by atoms with van der Waals surface area (Å²) < 4.78 is 1.40. The molecule has 7 heteroatoms. The molecule has 72 valence electrons. The molecule has 0 aliphatic carbocycles. The zero-order valence-corrected chi connectivity index (χ0v) is 6.96. The highest BCUT2D eigenvalue weighted by molar-refractivity contribution is 4.96. The van der Waals surface area contributed by atoms with Crippen molar-refractivity contribution >= 4 is 5.95 Å². The molecule has 0 unspecified atom stereocenters. The minimum atomic E-state index is -0.636. The second kappa shape index (κ2) is 4.51. The van der Waals surface area contributed by atoms with E-state index in [-0.39, 0.29) is 12.6 Å². The van der Waals surface area contributed by atoms with Gasteiger partial charge >= 0.3 is 5.95 Å². The van der Waals surface area contributed by atoms with E-state index in [0.717, 1.165) is 6.42 Å². The molecule has 1 heterocycles. The number of aromatic nitrogens is 3. The summed E-state index contributed by atoms with van der Waals surface area (Å²) in [6, 6.07) is 0. The fourth-order valence-corrected chi connectivity index (χ4v) is 0.862. The van der Waals surface area contributed by atoms with Gasteiger partial charge in [0.1, 0.15) is 0 Å². The van der Waals surface area contributed by atoms with E-state index in [1.54, 1.807) is 0 Å². The van der Waals surface area contributed by atoms with E-state index < -0.39 is 4.92 Å². The van der Waals surface area contributed by atoms with Gasteiger partial charge in [-0.3, -0.25) is 0 Å². The summed E-state index contributed by atoms with van der Waals surface area (Å²) in [4.78, 5) is 13.0. The minimum absolute atomic E-state index is 0.122. The monoisotopic (exact) mass is 186 g/mol. The maximum absolute atomic E-state index is 10.2. The van der Waals surface area contributed by atoms with Crippen molar-refractivity contribution in [2.45, 2.75) is 19.4 Å². The first kappa shape index (κ1) is 9.59. The van der Waals surface area contributed by atoms with Gasteiger partial charge in [-0.1, -0.05) is 4.98 Å². The second-order valence-electron chi connectivity index (χ2n) is 2.50. The number of aliphatic hydroxyl groups is 1. The number of nitro groups is 1. The Balaban J connectivity index is 2.44. The van der Waals surface area contributed by atoms with Crippen LogP contribution in [0.1, 0.15) is 12.8 Å². The molecule has 1 aromatic heterocycles. The average Bonchev–Trinajstić information content (AvgIpc) is 2.53. The van der Waals surface area contributed by atoms with Gasteiger partial charge in [0, 0.05) is 11.7 Å². The highest BCUT2D eigenvalue weighted by atomic mass is 16.6. The summed E-state index contributed by atoms with van der Waals surface area (Å²) in [7, 11) is 0. The molecule has 0 atom stereocenters. The van der Waals surface area contributed by atoms with Crippen LogP contribution in [0.3, 0.4) is 0 Å². The van der Waals surface area contributed by atoms with Crippen molar-refractivity contribution in [1.82, 2.24) is 14.8 Å². The van der Waals surface area contributed by atoms with Crippen molar-refractivity contribution in [3.8, 4) is 0 Å². The highest BCUT2D eigenvalue weighted by Crippen LogP contribution is 2.00. The Labute approximate surface area is 74.2 Å². The molecule has 0 saturated heterocycles. The number of aliphatic hydroxyl groups excluding tert-OH is 1. The fourth-order valence-electron chi connectivity index (χ4n) is 0.862. The lowest BCUT2D eigenvalue weighted by Crippen LogP contribution is -2.00. The minimum Gasteiger partial charge on any atom is -0.396 e. The van der Waals surface area contributed by atoms with Gasteiger partial charge in [-0.15, -0.1) is 0 Å². The Hall–Kier alpha value is -1.50. The molecule has 0 bridgehead atoms. The first-order valence-electron chi connectivity index (χ1n) is 3.88. The summed E-state index contributed by atoms with van der Waals surface area (Å²) in [6.45, 7) is 0.665. The summed E-state index contributed by atoms with van der Waals surface area (Å²) >= 11 is 0. The predicted molar refractivity (Wildman–Crippen MR) is 43.0 cm³/mol. The van der Waals surface area contributed by atoms with Crippen LogP contribution in [-0.4, -0.2) is 31.4 Å². The standard InChI is InChI=1S/C6H10N4O3/c11-4-2-1-3-9-5-7-6(8-9)10(12)13/h5,11H,1-4H2. The largest absolute Gasteiger partial charge is 0.490 e. The summed E-state index contributed by atoms with van der Waals surface area (Å²) in [5.74, 6) is -0.385. The van der Waals surface area contributed by atoms with Gasteiger partial charge in [0.05, 0.1) is 6.54 Å². The summed E-state index contributed by atoms with van der Waals surface area (Å²) in [5, 5.41) is 22.3. The molecule has 0 radical (unpaired) electrons. The second-order valence-corrected chi connectivity index (χ2v) is 2.50. The molecule has 13 heavy (non-hydrogen) atoms. The maximum atomic E-state index is 10.2. The lowest BCUT2D eigenvalue weighted by Gasteiger charge is -1.93. The first-order chi connectivity index (χ1) is 6.24. The number of nitrogens with zero attached hydrogens (tertiary/aromatic N) is 4. The SMILES string of the molecule is O=[N+]([O-])c1ncn(CCCCO)n1. The van der Waals surface area contributed by atoms with Crippen LogP contribution >= 0.6 is 0 Å². The third-order valence-electron chi connectivity index (χ3n) is 1.48. The Morgan fingerprint density at radius 3 is 2.92 bits per heavy atom. The van der Waals surface area contributed by atoms with Crippen LogP contribution in [0.25, 0.3) is 0 Å². The molecular weight excluding hydrogens is 176 g/mol. The molecule has 0 amide bonds. The summed E-state index contributed by atoms with van der Waals surface area (Å²) in [5.41, 5.74) is 0. The van der Waals surface area contributed by atoms with E-state index in [1.165, 1.54) is 11.0 Å². The van der Waals surface area contributed by atoms with Crippen molar-refractivity contribution in [2.24, 2.45) is 0 Å². The quantitative estimate of drug-likeness (QED) is 0.395. The van der Waals surface area contributed by atoms with Gasteiger partial charge in [0.2, 0.25) is 6.33 Å². The zero-order valence-electron chi connectivity index (χ0n) is 6.96. The maximum Gasteiger partial charge on any atom is 0.490 e. The van der Waals surface area contributed by atoms with Crippen LogP contribution < -0.4 is 0 Å². The lowest BCUT2D eigenvalue weighted by molar-refractivity contribution is -0.394. The van der Waals surface area contributed by atoms with Crippen LogP contribution in [0, 0.1) is 10.1 Å². The van der Waals surface area contributed by atoms with Crippen LogP contribution in [0.15, 0.2) is 6.33 Å². The van der Waals surface area contributed by atoms with Crippen molar-refractivity contribution in [3.05, 3.63) is 16.4 Å². The third-order valence-corrected chi connectivity index (χ3v) is 1.48. The number of rotatable bonds is 5. The Kier molecular flexibility index (Phi) is 3.32. The average molecular weight is 186 g/mol. The van der Waals surface area contributed by atoms with Gasteiger partial charge in [0.25, 0.3) is 0 Å². The number of aryl methyl sites for hydroxylation is 1. The van der Waals surface area contributed by atoms with E-state index in [0.29, 0.717) is 13.0 Å². The fraction of sp³-hybridized carbons (Fsp3) is 0.667. The molecule has 1 rings (SSSR count). The molecule has 7 nitrogen and oxygen atoms in total. The molecule has 0 aliphatic heterocycles.